The highest BCUT2D eigenvalue weighted by atomic mass is 35.5. The molecule has 0 aliphatic carbocycles. The average molecular weight is 284 g/mol. The Balaban J connectivity index is 4.06. The Hall–Kier alpha value is 0.110. The lowest BCUT2D eigenvalue weighted by Gasteiger charge is -2.20. The molecule has 0 rings (SSSR count). The first-order chi connectivity index (χ1) is 8.15. The molecule has 0 aliphatic rings. The highest BCUT2D eigenvalue weighted by Crippen LogP contribution is 2.27. The highest BCUT2D eigenvalue weighted by Gasteiger charge is 2.21. The number of hydrogen-bond acceptors (Lipinski definition) is 4. The fourth-order valence-electron chi connectivity index (χ4n) is 1.21. The van der Waals surface area contributed by atoms with Crippen LogP contribution in [0, 0.1) is 0 Å². The Kier molecular flexibility index (Phi) is 11.3. The molecular weight excluding hydrogens is 261 g/mol. The molecule has 4 nitrogen and oxygen atoms in total. The predicted octanol–water partition coefficient (Wildman–Crippen LogP) is 2.90. The van der Waals surface area contributed by atoms with Crippen LogP contribution in [0.15, 0.2) is 0 Å². The van der Waals surface area contributed by atoms with E-state index in [1.54, 1.807) is 0 Å². The Morgan fingerprint density at radius 3 is 2.71 bits per heavy atom. The van der Waals surface area contributed by atoms with Gasteiger partial charge in [0, 0.05) is 12.5 Å². The molecule has 0 saturated carbocycles. The van der Waals surface area contributed by atoms with E-state index < -0.39 is 8.30 Å². The van der Waals surface area contributed by atoms with E-state index in [-0.39, 0.29) is 12.0 Å². The zero-order chi connectivity index (χ0) is 13.1. The lowest BCUT2D eigenvalue weighted by Crippen LogP contribution is -2.35. The number of carbonyl (C=O) groups is 1. The summed E-state index contributed by atoms with van der Waals surface area (Å²) in [5, 5.41) is 3.13. The molecule has 2 atom stereocenters. The van der Waals surface area contributed by atoms with Gasteiger partial charge in [0.2, 0.25) is 0 Å². The largest absolute Gasteiger partial charge is 0.465 e. The third-order valence-corrected chi connectivity index (χ3v) is 3.62. The SMILES string of the molecule is CCCCOC(=O)C(CCCl)NP(C)OCC. The van der Waals surface area contributed by atoms with Crippen molar-refractivity contribution in [3.8, 4) is 0 Å². The molecule has 0 aliphatic heterocycles. The molecule has 102 valence electrons. The monoisotopic (exact) mass is 283 g/mol. The third-order valence-electron chi connectivity index (χ3n) is 2.08. The van der Waals surface area contributed by atoms with Crippen molar-refractivity contribution in [3.63, 3.8) is 0 Å². The molecule has 0 bridgehead atoms. The fourth-order valence-corrected chi connectivity index (χ4v) is 2.57. The second-order valence-electron chi connectivity index (χ2n) is 3.60. The molecule has 0 spiro atoms. The highest BCUT2D eigenvalue weighted by molar-refractivity contribution is 7.49. The minimum absolute atomic E-state index is 0.229. The van der Waals surface area contributed by atoms with Crippen LogP contribution in [-0.2, 0) is 14.1 Å². The van der Waals surface area contributed by atoms with Gasteiger partial charge in [-0.25, -0.2) is 0 Å². The molecular formula is C11H23ClNO3P. The molecule has 0 aromatic rings. The van der Waals surface area contributed by atoms with E-state index in [0.29, 0.717) is 25.5 Å². The van der Waals surface area contributed by atoms with Crippen LogP contribution in [-0.4, -0.2) is 37.8 Å². The van der Waals surface area contributed by atoms with Crippen molar-refractivity contribution in [1.29, 1.82) is 0 Å². The van der Waals surface area contributed by atoms with E-state index in [2.05, 4.69) is 12.0 Å². The number of hydrogen-bond donors (Lipinski definition) is 1. The molecule has 17 heavy (non-hydrogen) atoms. The second kappa shape index (κ2) is 11.2. The Bertz CT molecular complexity index is 207. The maximum absolute atomic E-state index is 11.8. The summed E-state index contributed by atoms with van der Waals surface area (Å²) in [5.41, 5.74) is 0. The number of nitrogens with one attached hydrogen (secondary N) is 1. The lowest BCUT2D eigenvalue weighted by atomic mass is 10.2. The first-order valence-corrected chi connectivity index (χ1v) is 8.25. The quantitative estimate of drug-likeness (QED) is 0.290. The van der Waals surface area contributed by atoms with Gasteiger partial charge in [0.25, 0.3) is 0 Å². The Morgan fingerprint density at radius 1 is 1.47 bits per heavy atom. The second-order valence-corrected chi connectivity index (χ2v) is 5.48. The molecule has 0 aromatic heterocycles. The van der Waals surface area contributed by atoms with E-state index in [4.69, 9.17) is 20.9 Å². The molecule has 0 aromatic carbocycles. The summed E-state index contributed by atoms with van der Waals surface area (Å²) in [7, 11) is -0.792. The van der Waals surface area contributed by atoms with Crippen LogP contribution in [0.2, 0.25) is 0 Å². The van der Waals surface area contributed by atoms with Crippen LogP contribution >= 0.6 is 19.9 Å². The number of halogens is 1. The van der Waals surface area contributed by atoms with Crippen molar-refractivity contribution in [2.45, 2.75) is 39.2 Å². The Labute approximate surface area is 110 Å². The van der Waals surface area contributed by atoms with E-state index >= 15 is 0 Å². The maximum atomic E-state index is 11.8. The summed E-state index contributed by atoms with van der Waals surface area (Å²) in [6.07, 6.45) is 2.47. The van der Waals surface area contributed by atoms with Crippen LogP contribution in [0.5, 0.6) is 0 Å². The molecule has 0 heterocycles. The van der Waals surface area contributed by atoms with Crippen LogP contribution < -0.4 is 5.09 Å². The van der Waals surface area contributed by atoms with Crippen LogP contribution in [0.1, 0.15) is 33.1 Å². The number of carbonyl (C=O) groups excluding carboxylic acids is 1. The number of ether oxygens (including phenoxy) is 1. The normalized spacial score (nSPS) is 14.4. The average Bonchev–Trinajstić information content (AvgIpc) is 2.29. The molecule has 6 heteroatoms. The first-order valence-electron chi connectivity index (χ1n) is 6.01. The van der Waals surface area contributed by atoms with Gasteiger partial charge in [-0.3, -0.25) is 9.88 Å². The van der Waals surface area contributed by atoms with Gasteiger partial charge in [0.1, 0.15) is 6.04 Å². The number of unbranched alkanes of at least 4 members (excludes halogenated alkanes) is 1. The van der Waals surface area contributed by atoms with Crippen LogP contribution in [0.25, 0.3) is 0 Å². The van der Waals surface area contributed by atoms with E-state index in [1.807, 2.05) is 13.6 Å². The predicted molar refractivity (Wildman–Crippen MR) is 72.6 cm³/mol. The van der Waals surface area contributed by atoms with Gasteiger partial charge in [-0.05, 0) is 26.4 Å². The van der Waals surface area contributed by atoms with Crippen molar-refractivity contribution >= 4 is 25.9 Å². The summed E-state index contributed by atoms with van der Waals surface area (Å²) >= 11 is 5.68. The number of esters is 1. The van der Waals surface area contributed by atoms with Crippen LogP contribution in [0.4, 0.5) is 0 Å². The first kappa shape index (κ1) is 17.1. The Morgan fingerprint density at radius 2 is 2.18 bits per heavy atom. The number of rotatable bonds is 10. The van der Waals surface area contributed by atoms with E-state index in [1.165, 1.54) is 0 Å². The van der Waals surface area contributed by atoms with Crippen LogP contribution in [0.3, 0.4) is 0 Å². The fraction of sp³-hybridized carbons (Fsp3) is 0.909. The van der Waals surface area contributed by atoms with Crippen molar-refractivity contribution < 1.29 is 14.1 Å². The zero-order valence-corrected chi connectivity index (χ0v) is 12.5. The third kappa shape index (κ3) is 8.78. The van der Waals surface area contributed by atoms with Gasteiger partial charge in [0.15, 0.2) is 0 Å². The smallest absolute Gasteiger partial charge is 0.323 e. The standard InChI is InChI=1S/C11H23ClNO3P/c1-4-6-9-15-11(14)10(7-8-12)13-17(3)16-5-2/h10,13H,4-9H2,1-3H3. The molecule has 0 saturated heterocycles. The molecule has 0 amide bonds. The topological polar surface area (TPSA) is 47.6 Å². The minimum atomic E-state index is -0.792. The van der Waals surface area contributed by atoms with E-state index in [9.17, 15) is 4.79 Å². The summed E-state index contributed by atoms with van der Waals surface area (Å²) in [5.74, 6) is 0.198. The van der Waals surface area contributed by atoms with E-state index in [0.717, 1.165) is 12.8 Å². The summed E-state index contributed by atoms with van der Waals surface area (Å²) < 4.78 is 10.6. The van der Waals surface area contributed by atoms with Gasteiger partial charge in [-0.2, -0.15) is 0 Å². The van der Waals surface area contributed by atoms with Gasteiger partial charge >= 0.3 is 5.97 Å². The van der Waals surface area contributed by atoms with Gasteiger partial charge in [-0.1, -0.05) is 13.3 Å². The number of alkyl halides is 1. The minimum Gasteiger partial charge on any atom is -0.465 e. The molecule has 0 fully saturated rings. The van der Waals surface area contributed by atoms with Crippen molar-refractivity contribution in [1.82, 2.24) is 5.09 Å². The lowest BCUT2D eigenvalue weighted by molar-refractivity contribution is -0.145. The molecule has 2 unspecified atom stereocenters. The van der Waals surface area contributed by atoms with Crippen molar-refractivity contribution in [2.24, 2.45) is 0 Å². The maximum Gasteiger partial charge on any atom is 0.323 e. The summed E-state index contributed by atoms with van der Waals surface area (Å²) in [6.45, 7) is 7.03. The van der Waals surface area contributed by atoms with Crippen molar-refractivity contribution in [2.75, 3.05) is 25.8 Å². The molecule has 1 N–H and O–H groups in total. The van der Waals surface area contributed by atoms with Crippen molar-refractivity contribution in [3.05, 3.63) is 0 Å². The van der Waals surface area contributed by atoms with Gasteiger partial charge < -0.3 is 9.26 Å². The molecule has 0 radical (unpaired) electrons. The summed E-state index contributed by atoms with van der Waals surface area (Å²) in [4.78, 5) is 11.8. The van der Waals surface area contributed by atoms with Gasteiger partial charge in [0.05, 0.1) is 14.9 Å². The zero-order valence-electron chi connectivity index (χ0n) is 10.9. The summed E-state index contributed by atoms with van der Waals surface area (Å²) in [6, 6.07) is -0.355. The van der Waals surface area contributed by atoms with Gasteiger partial charge in [-0.15, -0.1) is 11.6 Å².